The first kappa shape index (κ1) is 12.1. The topological polar surface area (TPSA) is 29.1 Å². The summed E-state index contributed by atoms with van der Waals surface area (Å²) < 4.78 is 13.2. The zero-order chi connectivity index (χ0) is 11.4. The molecule has 0 aromatic heterocycles. The predicted molar refractivity (Wildman–Crippen MR) is 59.0 cm³/mol. The summed E-state index contributed by atoms with van der Waals surface area (Å²) in [7, 11) is 0. The molecule has 0 bridgehead atoms. The van der Waals surface area contributed by atoms with Gasteiger partial charge in [-0.2, -0.15) is 0 Å². The van der Waals surface area contributed by atoms with E-state index in [-0.39, 0.29) is 17.9 Å². The molecule has 0 aliphatic heterocycles. The molecule has 0 radical (unpaired) electrons. The third-order valence-corrected chi connectivity index (χ3v) is 2.40. The van der Waals surface area contributed by atoms with E-state index in [9.17, 15) is 9.18 Å². The van der Waals surface area contributed by atoms with Gasteiger partial charge in [-0.1, -0.05) is 18.5 Å². The van der Waals surface area contributed by atoms with Gasteiger partial charge in [-0.3, -0.25) is 4.79 Å². The van der Waals surface area contributed by atoms with Crippen molar-refractivity contribution in [3.05, 3.63) is 34.1 Å². The van der Waals surface area contributed by atoms with Crippen LogP contribution in [0.1, 0.15) is 22.8 Å². The second-order valence-corrected chi connectivity index (χ2v) is 3.69. The summed E-state index contributed by atoms with van der Waals surface area (Å²) in [6.45, 7) is 4.38. The van der Waals surface area contributed by atoms with E-state index in [2.05, 4.69) is 5.32 Å². The van der Waals surface area contributed by atoms with Gasteiger partial charge in [0, 0.05) is 5.56 Å². The molecule has 4 heteroatoms. The monoisotopic (exact) mass is 229 g/mol. The maximum Gasteiger partial charge on any atom is 0.178 e. The zero-order valence-electron chi connectivity index (χ0n) is 8.73. The van der Waals surface area contributed by atoms with Crippen molar-refractivity contribution in [1.29, 1.82) is 0 Å². The molecule has 0 fully saturated rings. The Morgan fingerprint density at radius 2 is 2.20 bits per heavy atom. The highest BCUT2D eigenvalue weighted by atomic mass is 35.5. The minimum atomic E-state index is -0.403. The zero-order valence-corrected chi connectivity index (χ0v) is 9.49. The van der Waals surface area contributed by atoms with Crippen LogP contribution in [0.5, 0.6) is 0 Å². The van der Waals surface area contributed by atoms with E-state index in [1.165, 1.54) is 12.1 Å². The Hall–Kier alpha value is -0.930. The number of aryl methyl sites for hydroxylation is 1. The minimum Gasteiger partial charge on any atom is -0.310 e. The number of halogens is 2. The Morgan fingerprint density at radius 3 is 2.80 bits per heavy atom. The first-order chi connectivity index (χ1) is 7.06. The van der Waals surface area contributed by atoms with Crippen LogP contribution in [0, 0.1) is 12.7 Å². The number of ketones is 1. The van der Waals surface area contributed by atoms with Crippen LogP contribution in [0.4, 0.5) is 4.39 Å². The van der Waals surface area contributed by atoms with Gasteiger partial charge in [0.25, 0.3) is 0 Å². The van der Waals surface area contributed by atoms with Crippen molar-refractivity contribution >= 4 is 17.4 Å². The van der Waals surface area contributed by atoms with E-state index in [4.69, 9.17) is 11.6 Å². The van der Waals surface area contributed by atoms with Crippen molar-refractivity contribution in [2.45, 2.75) is 13.8 Å². The van der Waals surface area contributed by atoms with E-state index in [1.807, 2.05) is 6.92 Å². The summed E-state index contributed by atoms with van der Waals surface area (Å²) in [5.41, 5.74) is 0.681. The third-order valence-electron chi connectivity index (χ3n) is 2.08. The van der Waals surface area contributed by atoms with Gasteiger partial charge in [0.05, 0.1) is 11.6 Å². The molecule has 1 N–H and O–H groups in total. The lowest BCUT2D eigenvalue weighted by Gasteiger charge is -2.06. The standard InChI is InChI=1S/C11H13ClFNO/c1-3-14-6-11(15)8-5-10(13)7(2)4-9(8)12/h4-5,14H,3,6H2,1-2H3. The lowest BCUT2D eigenvalue weighted by molar-refractivity contribution is 0.0991. The SMILES string of the molecule is CCNCC(=O)c1cc(F)c(C)cc1Cl. The molecule has 0 heterocycles. The average molecular weight is 230 g/mol. The first-order valence-electron chi connectivity index (χ1n) is 4.75. The molecule has 0 amide bonds. The fourth-order valence-corrected chi connectivity index (χ4v) is 1.52. The summed E-state index contributed by atoms with van der Waals surface area (Å²) in [5.74, 6) is -0.597. The van der Waals surface area contributed by atoms with Crippen LogP contribution in [-0.4, -0.2) is 18.9 Å². The molecule has 0 saturated heterocycles. The quantitative estimate of drug-likeness (QED) is 0.805. The Balaban J connectivity index is 2.94. The van der Waals surface area contributed by atoms with Crippen LogP contribution in [0.2, 0.25) is 5.02 Å². The molecule has 1 aromatic carbocycles. The Kier molecular flexibility index (Phi) is 4.24. The van der Waals surface area contributed by atoms with Crippen LogP contribution >= 0.6 is 11.6 Å². The predicted octanol–water partition coefficient (Wildman–Crippen LogP) is 2.58. The number of nitrogens with one attached hydrogen (secondary N) is 1. The summed E-state index contributed by atoms with van der Waals surface area (Å²) in [4.78, 5) is 11.6. The lowest BCUT2D eigenvalue weighted by Crippen LogP contribution is -2.22. The van der Waals surface area contributed by atoms with Crippen molar-refractivity contribution in [3.63, 3.8) is 0 Å². The van der Waals surface area contributed by atoms with Gasteiger partial charge < -0.3 is 5.32 Å². The number of benzene rings is 1. The van der Waals surface area contributed by atoms with Crippen LogP contribution < -0.4 is 5.32 Å². The smallest absolute Gasteiger partial charge is 0.178 e. The maximum absolute atomic E-state index is 13.2. The molecule has 0 spiro atoms. The fraction of sp³-hybridized carbons (Fsp3) is 0.364. The number of hydrogen-bond donors (Lipinski definition) is 1. The second kappa shape index (κ2) is 5.24. The third kappa shape index (κ3) is 3.01. The van der Waals surface area contributed by atoms with E-state index in [0.717, 1.165) is 0 Å². The Labute approximate surface area is 93.4 Å². The van der Waals surface area contributed by atoms with E-state index >= 15 is 0 Å². The second-order valence-electron chi connectivity index (χ2n) is 3.28. The highest BCUT2D eigenvalue weighted by molar-refractivity contribution is 6.34. The average Bonchev–Trinajstić information content (AvgIpc) is 2.20. The highest BCUT2D eigenvalue weighted by Gasteiger charge is 2.12. The molecule has 0 unspecified atom stereocenters. The van der Waals surface area contributed by atoms with Crippen molar-refractivity contribution in [3.8, 4) is 0 Å². The number of carbonyl (C=O) groups is 1. The molecule has 1 aromatic rings. The van der Waals surface area contributed by atoms with E-state index in [0.29, 0.717) is 17.1 Å². The Bertz CT molecular complexity index is 379. The van der Waals surface area contributed by atoms with Crippen molar-refractivity contribution in [2.75, 3.05) is 13.1 Å². The molecule has 82 valence electrons. The molecule has 0 aliphatic carbocycles. The normalized spacial score (nSPS) is 10.4. The maximum atomic E-state index is 13.2. The number of carbonyl (C=O) groups excluding carboxylic acids is 1. The molecular weight excluding hydrogens is 217 g/mol. The first-order valence-corrected chi connectivity index (χ1v) is 5.13. The van der Waals surface area contributed by atoms with Crippen LogP contribution in [0.3, 0.4) is 0 Å². The van der Waals surface area contributed by atoms with Gasteiger partial charge >= 0.3 is 0 Å². The van der Waals surface area contributed by atoms with Gasteiger partial charge in [0.2, 0.25) is 0 Å². The van der Waals surface area contributed by atoms with Crippen molar-refractivity contribution in [1.82, 2.24) is 5.32 Å². The molecular formula is C11H13ClFNO. The highest BCUT2D eigenvalue weighted by Crippen LogP contribution is 2.20. The summed E-state index contributed by atoms with van der Waals surface area (Å²) in [5, 5.41) is 3.18. The number of likely N-dealkylation sites (N-methyl/N-ethyl adjacent to an activating group) is 1. The summed E-state index contributed by atoms with van der Waals surface area (Å²) in [6.07, 6.45) is 0. The number of hydrogen-bond acceptors (Lipinski definition) is 2. The fourth-order valence-electron chi connectivity index (χ4n) is 1.19. The van der Waals surface area contributed by atoms with Gasteiger partial charge in [0.15, 0.2) is 5.78 Å². The molecule has 0 atom stereocenters. The van der Waals surface area contributed by atoms with Crippen LogP contribution in [-0.2, 0) is 0 Å². The number of Topliss-reactive ketones (excluding diaryl/α,β-unsaturated/α-hetero) is 1. The van der Waals surface area contributed by atoms with Crippen LogP contribution in [0.15, 0.2) is 12.1 Å². The molecule has 0 saturated carbocycles. The van der Waals surface area contributed by atoms with Gasteiger partial charge in [-0.25, -0.2) is 4.39 Å². The number of rotatable bonds is 4. The van der Waals surface area contributed by atoms with Crippen molar-refractivity contribution in [2.24, 2.45) is 0 Å². The summed E-state index contributed by atoms with van der Waals surface area (Å²) in [6, 6.07) is 2.66. The Morgan fingerprint density at radius 1 is 1.53 bits per heavy atom. The van der Waals surface area contributed by atoms with Gasteiger partial charge in [0.1, 0.15) is 5.82 Å². The minimum absolute atomic E-state index is 0.179. The largest absolute Gasteiger partial charge is 0.310 e. The molecule has 2 nitrogen and oxygen atoms in total. The van der Waals surface area contributed by atoms with Crippen LogP contribution in [0.25, 0.3) is 0 Å². The molecule has 1 rings (SSSR count). The lowest BCUT2D eigenvalue weighted by atomic mass is 10.1. The van der Waals surface area contributed by atoms with E-state index in [1.54, 1.807) is 6.92 Å². The molecule has 15 heavy (non-hydrogen) atoms. The molecule has 0 aliphatic rings. The van der Waals surface area contributed by atoms with Gasteiger partial charge in [-0.15, -0.1) is 0 Å². The van der Waals surface area contributed by atoms with E-state index < -0.39 is 5.82 Å². The van der Waals surface area contributed by atoms with Crippen molar-refractivity contribution < 1.29 is 9.18 Å². The van der Waals surface area contributed by atoms with Gasteiger partial charge in [-0.05, 0) is 31.2 Å². The summed E-state index contributed by atoms with van der Waals surface area (Å²) >= 11 is 5.86.